The fourth-order valence-corrected chi connectivity index (χ4v) is 3.35. The SMILES string of the molecule is CCN(CC)C(=O)CCc1cc(C(F)(F)F)cc2ncn(-c3ccccc3)c12. The van der Waals surface area contributed by atoms with Gasteiger partial charge in [-0.2, -0.15) is 13.2 Å². The van der Waals surface area contributed by atoms with Gasteiger partial charge in [0.25, 0.3) is 0 Å². The van der Waals surface area contributed by atoms with E-state index in [4.69, 9.17) is 0 Å². The number of hydrogen-bond donors (Lipinski definition) is 0. The Bertz CT molecular complexity index is 960. The summed E-state index contributed by atoms with van der Waals surface area (Å²) in [5.41, 5.74) is 1.40. The first-order valence-electron chi connectivity index (χ1n) is 9.25. The Morgan fingerprint density at radius 2 is 1.79 bits per heavy atom. The van der Waals surface area contributed by atoms with Crippen molar-refractivity contribution in [2.75, 3.05) is 13.1 Å². The van der Waals surface area contributed by atoms with Crippen LogP contribution in [0.1, 0.15) is 31.4 Å². The second-order valence-corrected chi connectivity index (χ2v) is 6.52. The highest BCUT2D eigenvalue weighted by atomic mass is 19.4. The lowest BCUT2D eigenvalue weighted by atomic mass is 10.0. The van der Waals surface area contributed by atoms with Crippen LogP contribution in [-0.2, 0) is 17.4 Å². The summed E-state index contributed by atoms with van der Waals surface area (Å²) in [4.78, 5) is 18.2. The first-order valence-corrected chi connectivity index (χ1v) is 9.25. The molecule has 0 N–H and O–H groups in total. The van der Waals surface area contributed by atoms with Gasteiger partial charge < -0.3 is 4.90 Å². The average molecular weight is 389 g/mol. The Morgan fingerprint density at radius 3 is 2.39 bits per heavy atom. The molecule has 3 rings (SSSR count). The van der Waals surface area contributed by atoms with E-state index in [0.717, 1.165) is 17.8 Å². The number of nitrogens with zero attached hydrogens (tertiary/aromatic N) is 3. The molecule has 0 spiro atoms. The number of halogens is 3. The summed E-state index contributed by atoms with van der Waals surface area (Å²) in [5, 5.41) is 0. The third-order valence-corrected chi connectivity index (χ3v) is 4.81. The lowest BCUT2D eigenvalue weighted by Gasteiger charge is -2.19. The Morgan fingerprint density at radius 1 is 1.11 bits per heavy atom. The molecule has 1 aromatic heterocycles. The molecule has 7 heteroatoms. The molecule has 0 saturated heterocycles. The molecule has 1 heterocycles. The maximum atomic E-state index is 13.4. The zero-order chi connectivity index (χ0) is 20.3. The highest BCUT2D eigenvalue weighted by Crippen LogP contribution is 2.34. The third kappa shape index (κ3) is 4.03. The van der Waals surface area contributed by atoms with Gasteiger partial charge in [-0.3, -0.25) is 9.36 Å². The lowest BCUT2D eigenvalue weighted by molar-refractivity contribution is -0.137. The maximum Gasteiger partial charge on any atom is 0.416 e. The van der Waals surface area contributed by atoms with Crippen molar-refractivity contribution in [3.05, 3.63) is 59.9 Å². The van der Waals surface area contributed by atoms with Crippen molar-refractivity contribution in [1.82, 2.24) is 14.5 Å². The molecular formula is C21H22F3N3O. The molecule has 148 valence electrons. The first-order chi connectivity index (χ1) is 13.3. The van der Waals surface area contributed by atoms with Gasteiger partial charge in [0.15, 0.2) is 0 Å². The quantitative estimate of drug-likeness (QED) is 0.605. The van der Waals surface area contributed by atoms with Crippen LogP contribution in [0.2, 0.25) is 0 Å². The molecule has 1 amide bonds. The molecule has 0 fully saturated rings. The molecule has 2 aromatic carbocycles. The fourth-order valence-electron chi connectivity index (χ4n) is 3.35. The Labute approximate surface area is 161 Å². The molecule has 0 bridgehead atoms. The van der Waals surface area contributed by atoms with E-state index in [2.05, 4.69) is 4.98 Å². The second-order valence-electron chi connectivity index (χ2n) is 6.52. The average Bonchev–Trinajstić information content (AvgIpc) is 3.11. The Kier molecular flexibility index (Phi) is 5.72. The predicted octanol–water partition coefficient (Wildman–Crippen LogP) is 4.85. The zero-order valence-electron chi connectivity index (χ0n) is 15.8. The second kappa shape index (κ2) is 8.04. The summed E-state index contributed by atoms with van der Waals surface area (Å²) < 4.78 is 41.8. The number of imidazole rings is 1. The van der Waals surface area contributed by atoms with Crippen LogP contribution in [0.25, 0.3) is 16.7 Å². The maximum absolute atomic E-state index is 13.4. The van der Waals surface area contributed by atoms with E-state index in [1.807, 2.05) is 44.2 Å². The number of aromatic nitrogens is 2. The lowest BCUT2D eigenvalue weighted by Crippen LogP contribution is -2.30. The number of alkyl halides is 3. The molecule has 3 aromatic rings. The van der Waals surface area contributed by atoms with E-state index >= 15 is 0 Å². The monoisotopic (exact) mass is 389 g/mol. The fraction of sp³-hybridized carbons (Fsp3) is 0.333. The van der Waals surface area contributed by atoms with Crippen LogP contribution in [0.4, 0.5) is 13.2 Å². The summed E-state index contributed by atoms with van der Waals surface area (Å²) in [7, 11) is 0. The predicted molar refractivity (Wildman–Crippen MR) is 102 cm³/mol. The van der Waals surface area contributed by atoms with E-state index in [0.29, 0.717) is 24.2 Å². The number of para-hydroxylation sites is 1. The van der Waals surface area contributed by atoms with Crippen LogP contribution in [0, 0.1) is 0 Å². The minimum Gasteiger partial charge on any atom is -0.343 e. The Hall–Kier alpha value is -2.83. The van der Waals surface area contributed by atoms with Crippen LogP contribution in [-0.4, -0.2) is 33.4 Å². The highest BCUT2D eigenvalue weighted by molar-refractivity contribution is 5.83. The van der Waals surface area contributed by atoms with Crippen molar-refractivity contribution in [3.8, 4) is 5.69 Å². The minimum absolute atomic E-state index is 0.0682. The zero-order valence-corrected chi connectivity index (χ0v) is 15.8. The van der Waals surface area contributed by atoms with Crippen molar-refractivity contribution in [2.45, 2.75) is 32.9 Å². The summed E-state index contributed by atoms with van der Waals surface area (Å²) in [6.07, 6.45) is -2.58. The van der Waals surface area contributed by atoms with E-state index in [1.54, 1.807) is 9.47 Å². The number of aryl methyl sites for hydroxylation is 1. The van der Waals surface area contributed by atoms with E-state index in [-0.39, 0.29) is 24.3 Å². The van der Waals surface area contributed by atoms with Gasteiger partial charge in [0.05, 0.1) is 16.6 Å². The molecule has 0 atom stereocenters. The number of fused-ring (bicyclic) bond motifs is 1. The highest BCUT2D eigenvalue weighted by Gasteiger charge is 2.32. The molecule has 0 saturated carbocycles. The molecule has 0 radical (unpaired) electrons. The number of carbonyl (C=O) groups is 1. The number of benzene rings is 2. The van der Waals surface area contributed by atoms with E-state index < -0.39 is 11.7 Å². The van der Waals surface area contributed by atoms with Crippen molar-refractivity contribution >= 4 is 16.9 Å². The van der Waals surface area contributed by atoms with Gasteiger partial charge in [0.1, 0.15) is 6.33 Å². The number of amides is 1. The van der Waals surface area contributed by atoms with Gasteiger partial charge in [-0.05, 0) is 50.1 Å². The van der Waals surface area contributed by atoms with Gasteiger partial charge in [-0.15, -0.1) is 0 Å². The smallest absolute Gasteiger partial charge is 0.343 e. The van der Waals surface area contributed by atoms with Crippen molar-refractivity contribution in [1.29, 1.82) is 0 Å². The standard InChI is InChI=1S/C21H22F3N3O/c1-3-26(4-2)19(28)11-10-15-12-16(21(22,23)24)13-18-20(15)27(14-25-18)17-8-6-5-7-9-17/h5-9,12-14H,3-4,10-11H2,1-2H3. The molecule has 28 heavy (non-hydrogen) atoms. The van der Waals surface area contributed by atoms with Crippen molar-refractivity contribution in [3.63, 3.8) is 0 Å². The molecule has 0 aliphatic heterocycles. The normalized spacial score (nSPS) is 11.8. The minimum atomic E-state index is -4.47. The van der Waals surface area contributed by atoms with Crippen molar-refractivity contribution in [2.24, 2.45) is 0 Å². The third-order valence-electron chi connectivity index (χ3n) is 4.81. The first kappa shape index (κ1) is 19.9. The van der Waals surface area contributed by atoms with Crippen molar-refractivity contribution < 1.29 is 18.0 Å². The molecule has 0 unspecified atom stereocenters. The van der Waals surface area contributed by atoms with Gasteiger partial charge in [-0.1, -0.05) is 18.2 Å². The van der Waals surface area contributed by atoms with Crippen LogP contribution in [0.3, 0.4) is 0 Å². The van der Waals surface area contributed by atoms with Crippen LogP contribution in [0.5, 0.6) is 0 Å². The van der Waals surface area contributed by atoms with Crippen LogP contribution in [0.15, 0.2) is 48.8 Å². The summed E-state index contributed by atoms with van der Waals surface area (Å²) >= 11 is 0. The number of hydrogen-bond acceptors (Lipinski definition) is 2. The van der Waals surface area contributed by atoms with Gasteiger partial charge in [0, 0.05) is 25.2 Å². The van der Waals surface area contributed by atoms with Gasteiger partial charge in [0.2, 0.25) is 5.91 Å². The topological polar surface area (TPSA) is 38.1 Å². The largest absolute Gasteiger partial charge is 0.416 e. The number of rotatable bonds is 6. The van der Waals surface area contributed by atoms with Crippen LogP contribution >= 0.6 is 0 Å². The van der Waals surface area contributed by atoms with Gasteiger partial charge in [-0.25, -0.2) is 4.98 Å². The summed E-state index contributed by atoms with van der Waals surface area (Å²) in [6, 6.07) is 11.5. The van der Waals surface area contributed by atoms with Crippen LogP contribution < -0.4 is 0 Å². The van der Waals surface area contributed by atoms with E-state index in [1.165, 1.54) is 6.33 Å². The van der Waals surface area contributed by atoms with Gasteiger partial charge >= 0.3 is 6.18 Å². The molecular weight excluding hydrogens is 367 g/mol. The molecule has 0 aliphatic carbocycles. The summed E-state index contributed by atoms with van der Waals surface area (Å²) in [5.74, 6) is -0.0682. The number of carbonyl (C=O) groups excluding carboxylic acids is 1. The Balaban J connectivity index is 2.06. The molecule has 0 aliphatic rings. The summed E-state index contributed by atoms with van der Waals surface area (Å²) in [6.45, 7) is 4.92. The van der Waals surface area contributed by atoms with E-state index in [9.17, 15) is 18.0 Å². The molecule has 4 nitrogen and oxygen atoms in total.